The lowest BCUT2D eigenvalue weighted by molar-refractivity contribution is -0.138. The van der Waals surface area contributed by atoms with E-state index in [2.05, 4.69) is 26.3 Å². The van der Waals surface area contributed by atoms with Crippen LogP contribution in [0.1, 0.15) is 53.9 Å². The Labute approximate surface area is 158 Å². The molecule has 1 aliphatic rings. The van der Waals surface area contributed by atoms with E-state index in [-0.39, 0.29) is 12.3 Å². The number of carbonyl (C=O) groups is 2. The minimum absolute atomic E-state index is 0.187. The van der Waals surface area contributed by atoms with Crippen LogP contribution in [0, 0.1) is 5.92 Å². The zero-order valence-corrected chi connectivity index (χ0v) is 15.9. The van der Waals surface area contributed by atoms with Crippen LogP contribution in [0.4, 0.5) is 5.13 Å². The molecule has 1 fully saturated rings. The van der Waals surface area contributed by atoms with Crippen LogP contribution in [0.15, 0.2) is 29.8 Å². The van der Waals surface area contributed by atoms with Crippen molar-refractivity contribution in [3.05, 3.63) is 40.9 Å². The van der Waals surface area contributed by atoms with E-state index in [9.17, 15) is 9.59 Å². The average molecular weight is 424 g/mol. The minimum Gasteiger partial charge on any atom is -0.481 e. The Hall–Kier alpha value is -1.80. The van der Waals surface area contributed by atoms with Crippen molar-refractivity contribution < 1.29 is 14.7 Å². The average Bonchev–Trinajstić information content (AvgIpc) is 3.15. The molecule has 0 spiro atoms. The van der Waals surface area contributed by atoms with Gasteiger partial charge in [-0.25, -0.2) is 3.93 Å². The second-order valence-corrected chi connectivity index (χ2v) is 7.77. The third-order valence-electron chi connectivity index (χ3n) is 4.63. The zero-order chi connectivity index (χ0) is 17.8. The van der Waals surface area contributed by atoms with Crippen LogP contribution in [0.2, 0.25) is 0 Å². The van der Waals surface area contributed by atoms with Crippen LogP contribution >= 0.6 is 27.5 Å². The number of hydrogen-bond donors (Lipinski definition) is 1. The number of aromatic nitrogens is 2. The van der Waals surface area contributed by atoms with Crippen LogP contribution < -0.4 is 3.93 Å². The molecule has 25 heavy (non-hydrogen) atoms. The number of halogens is 1. The van der Waals surface area contributed by atoms with Crippen molar-refractivity contribution in [1.29, 1.82) is 0 Å². The lowest BCUT2D eigenvalue weighted by Gasteiger charge is -2.28. The first-order valence-corrected chi connectivity index (χ1v) is 9.71. The lowest BCUT2D eigenvalue weighted by atomic mass is 9.77. The van der Waals surface area contributed by atoms with Crippen LogP contribution in [0.5, 0.6) is 0 Å². The van der Waals surface area contributed by atoms with Gasteiger partial charge in [0, 0.05) is 12.0 Å². The van der Waals surface area contributed by atoms with Gasteiger partial charge in [-0.2, -0.15) is 0 Å². The summed E-state index contributed by atoms with van der Waals surface area (Å²) in [6.07, 6.45) is 4.17. The molecule has 1 N–H and O–H groups in total. The van der Waals surface area contributed by atoms with E-state index >= 15 is 0 Å². The third-order valence-corrected chi connectivity index (χ3v) is 6.20. The summed E-state index contributed by atoms with van der Waals surface area (Å²) >= 11 is 4.51. The maximum absolute atomic E-state index is 12.4. The van der Waals surface area contributed by atoms with Gasteiger partial charge in [0.15, 0.2) is 0 Å². The van der Waals surface area contributed by atoms with Crippen molar-refractivity contribution in [3.8, 4) is 0 Å². The molecule has 0 aliphatic heterocycles. The molecule has 1 amide bonds. The van der Waals surface area contributed by atoms with E-state index in [0.29, 0.717) is 22.5 Å². The fourth-order valence-electron chi connectivity index (χ4n) is 3.30. The number of amides is 1. The molecule has 8 heteroatoms. The lowest BCUT2D eigenvalue weighted by Crippen LogP contribution is -2.20. The fraction of sp³-hybridized carbons (Fsp3) is 0.412. The van der Waals surface area contributed by atoms with Gasteiger partial charge in [0.1, 0.15) is 5.51 Å². The molecule has 0 unspecified atom stereocenters. The molecule has 1 aromatic carbocycles. The van der Waals surface area contributed by atoms with Crippen molar-refractivity contribution in [2.75, 3.05) is 3.93 Å². The third kappa shape index (κ3) is 4.43. The standard InChI is InChI=1S/C17H18BrN3O3S/c18-21(17-20-19-10-25-17)16(24)14-7-5-13(6-8-14)12-3-1-11(2-4-12)9-15(22)23/h5-8,10-12H,1-4,9H2,(H,22,23). The van der Waals surface area contributed by atoms with Crippen molar-refractivity contribution >= 4 is 44.5 Å². The first-order valence-electron chi connectivity index (χ1n) is 8.12. The molecule has 1 aliphatic carbocycles. The molecule has 1 aromatic heterocycles. The SMILES string of the molecule is O=C(O)CC1CCC(c2ccc(C(=O)N(Br)c3nncs3)cc2)CC1. The Morgan fingerprint density at radius 2 is 1.88 bits per heavy atom. The second-order valence-electron chi connectivity index (χ2n) is 6.24. The number of aliphatic carboxylic acids is 1. The summed E-state index contributed by atoms with van der Waals surface area (Å²) in [5.41, 5.74) is 3.36. The first-order chi connectivity index (χ1) is 12.0. The van der Waals surface area contributed by atoms with Gasteiger partial charge < -0.3 is 5.11 Å². The molecule has 0 saturated heterocycles. The quantitative estimate of drug-likeness (QED) is 0.726. The largest absolute Gasteiger partial charge is 0.481 e. The number of carbonyl (C=O) groups excluding carboxylic acids is 1. The molecule has 6 nitrogen and oxygen atoms in total. The molecule has 0 bridgehead atoms. The van der Waals surface area contributed by atoms with Gasteiger partial charge in [-0.15, -0.1) is 10.2 Å². The summed E-state index contributed by atoms with van der Waals surface area (Å²) in [7, 11) is 0. The van der Waals surface area contributed by atoms with Crippen LogP contribution in [-0.4, -0.2) is 27.2 Å². The maximum atomic E-state index is 12.4. The summed E-state index contributed by atoms with van der Waals surface area (Å²) < 4.78 is 1.32. The first kappa shape index (κ1) is 18.0. The summed E-state index contributed by atoms with van der Waals surface area (Å²) in [5.74, 6) is -0.157. The number of hydrogen-bond acceptors (Lipinski definition) is 5. The predicted octanol–water partition coefficient (Wildman–Crippen LogP) is 4.24. The highest BCUT2D eigenvalue weighted by molar-refractivity contribution is 9.10. The van der Waals surface area contributed by atoms with Crippen molar-refractivity contribution in [2.24, 2.45) is 5.92 Å². The highest BCUT2D eigenvalue weighted by atomic mass is 79.9. The normalized spacial score (nSPS) is 20.2. The summed E-state index contributed by atoms with van der Waals surface area (Å²) in [5, 5.41) is 17.0. The van der Waals surface area contributed by atoms with Crippen molar-refractivity contribution in [1.82, 2.24) is 10.2 Å². The Morgan fingerprint density at radius 1 is 1.20 bits per heavy atom. The minimum atomic E-state index is -0.707. The summed E-state index contributed by atoms with van der Waals surface area (Å²) in [4.78, 5) is 23.3. The number of carboxylic acids is 1. The van der Waals surface area contributed by atoms with Gasteiger partial charge in [0.25, 0.3) is 5.91 Å². The van der Waals surface area contributed by atoms with Gasteiger partial charge >= 0.3 is 5.97 Å². The molecule has 1 saturated carbocycles. The van der Waals surface area contributed by atoms with Crippen molar-refractivity contribution in [2.45, 2.75) is 38.0 Å². The zero-order valence-electron chi connectivity index (χ0n) is 13.5. The molecule has 132 valence electrons. The van der Waals surface area contributed by atoms with E-state index in [4.69, 9.17) is 5.11 Å². The smallest absolute Gasteiger partial charge is 0.303 e. The van der Waals surface area contributed by atoms with E-state index < -0.39 is 5.97 Å². The summed E-state index contributed by atoms with van der Waals surface area (Å²) in [6, 6.07) is 7.65. The highest BCUT2D eigenvalue weighted by Gasteiger charge is 2.24. The van der Waals surface area contributed by atoms with E-state index in [1.807, 2.05) is 24.3 Å². The number of benzene rings is 1. The highest BCUT2D eigenvalue weighted by Crippen LogP contribution is 2.37. The predicted molar refractivity (Wildman–Crippen MR) is 99.0 cm³/mol. The Balaban J connectivity index is 1.61. The molecule has 1 heterocycles. The number of rotatable bonds is 5. The molecule has 2 aromatic rings. The summed E-state index contributed by atoms with van der Waals surface area (Å²) in [6.45, 7) is 0. The van der Waals surface area contributed by atoms with Gasteiger partial charge in [0.2, 0.25) is 5.13 Å². The molecule has 0 radical (unpaired) electrons. The maximum Gasteiger partial charge on any atom is 0.303 e. The monoisotopic (exact) mass is 423 g/mol. The topological polar surface area (TPSA) is 83.4 Å². The molecular formula is C17H18BrN3O3S. The van der Waals surface area contributed by atoms with Gasteiger partial charge in [-0.1, -0.05) is 23.5 Å². The number of anilines is 1. The van der Waals surface area contributed by atoms with Gasteiger partial charge in [-0.05, 0) is 55.2 Å². The van der Waals surface area contributed by atoms with Crippen LogP contribution in [0.25, 0.3) is 0 Å². The molecular weight excluding hydrogens is 406 g/mol. The number of nitrogens with zero attached hydrogens (tertiary/aromatic N) is 3. The fourth-order valence-corrected chi connectivity index (χ4v) is 4.28. The van der Waals surface area contributed by atoms with Gasteiger partial charge in [-0.3, -0.25) is 9.59 Å². The van der Waals surface area contributed by atoms with Gasteiger partial charge in [0.05, 0.1) is 16.1 Å². The van der Waals surface area contributed by atoms with Crippen LogP contribution in [-0.2, 0) is 4.79 Å². The van der Waals surface area contributed by atoms with E-state index in [1.165, 1.54) is 20.8 Å². The van der Waals surface area contributed by atoms with Crippen molar-refractivity contribution in [3.63, 3.8) is 0 Å². The second kappa shape index (κ2) is 8.05. The molecule has 0 atom stereocenters. The Kier molecular flexibility index (Phi) is 5.80. The van der Waals surface area contributed by atoms with E-state index in [0.717, 1.165) is 25.7 Å². The Morgan fingerprint density at radius 3 is 2.44 bits per heavy atom. The van der Waals surface area contributed by atoms with E-state index in [1.54, 1.807) is 5.51 Å². The number of carboxylic acid groups (broad SMARTS) is 1. The molecule has 3 rings (SSSR count). The van der Waals surface area contributed by atoms with Crippen LogP contribution in [0.3, 0.4) is 0 Å². The Bertz CT molecular complexity index is 728.